The highest BCUT2D eigenvalue weighted by atomic mass is 16.5. The molecule has 3 aromatic rings. The van der Waals surface area contributed by atoms with E-state index in [1.54, 1.807) is 40.2 Å². The molecule has 0 spiro atoms. The van der Waals surface area contributed by atoms with Gasteiger partial charge in [-0.2, -0.15) is 0 Å². The summed E-state index contributed by atoms with van der Waals surface area (Å²) >= 11 is 0. The Labute approximate surface area is 273 Å². The SMILES string of the molecule is COc1ccc(COC/C=C/C(C)(C)C(=O)CC(=O)C[C@@H](O)C[C@@H](OCc2ccc(OC)cc2)[C@@H](C)OCc2ccccc2)cc1. The zero-order valence-electron chi connectivity index (χ0n) is 27.6. The lowest BCUT2D eigenvalue weighted by atomic mass is 9.84. The van der Waals surface area contributed by atoms with E-state index < -0.39 is 17.6 Å². The number of hydrogen-bond donors (Lipinski definition) is 1. The van der Waals surface area contributed by atoms with E-state index in [0.717, 1.165) is 28.2 Å². The van der Waals surface area contributed by atoms with E-state index in [-0.39, 0.29) is 36.9 Å². The predicted molar refractivity (Wildman–Crippen MR) is 178 cm³/mol. The number of carbonyl (C=O) groups is 2. The van der Waals surface area contributed by atoms with Crippen molar-refractivity contribution in [1.29, 1.82) is 0 Å². The maximum Gasteiger partial charge on any atom is 0.149 e. The Balaban J connectivity index is 1.49. The lowest BCUT2D eigenvalue weighted by Crippen LogP contribution is -2.34. The molecule has 248 valence electrons. The first-order chi connectivity index (χ1) is 22.1. The van der Waals surface area contributed by atoms with Crippen molar-refractivity contribution in [2.75, 3.05) is 20.8 Å². The molecule has 0 aliphatic carbocycles. The van der Waals surface area contributed by atoms with Crippen LogP contribution in [0.25, 0.3) is 0 Å². The van der Waals surface area contributed by atoms with Crippen LogP contribution in [0.5, 0.6) is 11.5 Å². The number of methoxy groups -OCH3 is 2. The summed E-state index contributed by atoms with van der Waals surface area (Å²) in [4.78, 5) is 25.9. The van der Waals surface area contributed by atoms with E-state index in [1.165, 1.54) is 0 Å². The van der Waals surface area contributed by atoms with Gasteiger partial charge in [0.1, 0.15) is 23.1 Å². The summed E-state index contributed by atoms with van der Waals surface area (Å²) < 4.78 is 28.4. The second kappa shape index (κ2) is 19.0. The number of hydrogen-bond acceptors (Lipinski definition) is 8. The average molecular weight is 633 g/mol. The summed E-state index contributed by atoms with van der Waals surface area (Å²) in [6.07, 6.45) is 1.49. The molecule has 0 amide bonds. The summed E-state index contributed by atoms with van der Waals surface area (Å²) in [6.45, 7) is 6.90. The van der Waals surface area contributed by atoms with Crippen LogP contribution in [0.4, 0.5) is 0 Å². The van der Waals surface area contributed by atoms with Crippen molar-refractivity contribution in [2.24, 2.45) is 5.41 Å². The maximum absolute atomic E-state index is 13.0. The molecule has 0 saturated carbocycles. The summed E-state index contributed by atoms with van der Waals surface area (Å²) in [7, 11) is 3.24. The molecule has 3 aromatic carbocycles. The fourth-order valence-electron chi connectivity index (χ4n) is 4.73. The summed E-state index contributed by atoms with van der Waals surface area (Å²) in [5.41, 5.74) is 2.13. The van der Waals surface area contributed by atoms with Crippen LogP contribution < -0.4 is 9.47 Å². The van der Waals surface area contributed by atoms with E-state index in [0.29, 0.717) is 26.4 Å². The van der Waals surface area contributed by atoms with Crippen LogP contribution in [-0.2, 0) is 43.6 Å². The Morgan fingerprint density at radius 1 is 0.783 bits per heavy atom. The fourth-order valence-corrected chi connectivity index (χ4v) is 4.73. The molecule has 0 radical (unpaired) electrons. The quantitative estimate of drug-likeness (QED) is 0.0791. The molecule has 8 heteroatoms. The van der Waals surface area contributed by atoms with Gasteiger partial charge in [0.05, 0.1) is 65.4 Å². The predicted octanol–water partition coefficient (Wildman–Crippen LogP) is 6.66. The number of ketones is 2. The lowest BCUT2D eigenvalue weighted by molar-refractivity contribution is -0.132. The standard InChI is InChI=1S/C38H48O8/c1-28(45-26-29-10-7-6-8-11-29)36(46-27-31-14-18-35(43-5)19-15-31)23-32(39)22-33(40)24-37(41)38(2,3)20-9-21-44-25-30-12-16-34(42-4)17-13-30/h6-20,28,32,36,39H,21-27H2,1-5H3/b20-9+/t28-,32-,36-/m1/s1. The highest BCUT2D eigenvalue weighted by Gasteiger charge is 2.29. The Morgan fingerprint density at radius 2 is 1.33 bits per heavy atom. The average Bonchev–Trinajstić information content (AvgIpc) is 3.06. The second-order valence-corrected chi connectivity index (χ2v) is 11.9. The Morgan fingerprint density at radius 3 is 1.91 bits per heavy atom. The summed E-state index contributed by atoms with van der Waals surface area (Å²) in [5.74, 6) is 0.996. The summed E-state index contributed by atoms with van der Waals surface area (Å²) in [6, 6.07) is 25.0. The van der Waals surface area contributed by atoms with Crippen LogP contribution in [0.15, 0.2) is 91.0 Å². The van der Waals surface area contributed by atoms with Gasteiger partial charge in [-0.25, -0.2) is 0 Å². The fraction of sp³-hybridized carbons (Fsp3) is 0.421. The molecule has 0 aliphatic rings. The molecule has 0 fully saturated rings. The van der Waals surface area contributed by atoms with Crippen LogP contribution in [0.3, 0.4) is 0 Å². The number of Topliss-reactive ketones (excluding diaryl/α,β-unsaturated/α-hetero) is 2. The first-order valence-electron chi connectivity index (χ1n) is 15.6. The maximum atomic E-state index is 13.0. The minimum absolute atomic E-state index is 0.149. The van der Waals surface area contributed by atoms with Gasteiger partial charge in [0.25, 0.3) is 0 Å². The van der Waals surface area contributed by atoms with E-state index in [1.807, 2.05) is 85.8 Å². The van der Waals surface area contributed by atoms with Crippen LogP contribution in [-0.4, -0.2) is 55.8 Å². The molecule has 0 unspecified atom stereocenters. The van der Waals surface area contributed by atoms with Crippen LogP contribution in [0.2, 0.25) is 0 Å². The van der Waals surface area contributed by atoms with Gasteiger partial charge in [-0.05, 0) is 61.7 Å². The first kappa shape index (κ1) is 36.6. The third kappa shape index (κ3) is 12.9. The van der Waals surface area contributed by atoms with Crippen LogP contribution in [0.1, 0.15) is 56.7 Å². The lowest BCUT2D eigenvalue weighted by Gasteiger charge is -2.27. The normalized spacial score (nSPS) is 13.7. The number of aliphatic hydroxyl groups excluding tert-OH is 1. The smallest absolute Gasteiger partial charge is 0.149 e. The van der Waals surface area contributed by atoms with Crippen LogP contribution >= 0.6 is 0 Å². The molecule has 0 aliphatic heterocycles. The van der Waals surface area contributed by atoms with Crippen molar-refractivity contribution >= 4 is 11.6 Å². The first-order valence-corrected chi connectivity index (χ1v) is 15.6. The van der Waals surface area contributed by atoms with Crippen molar-refractivity contribution in [3.8, 4) is 11.5 Å². The van der Waals surface area contributed by atoms with Gasteiger partial charge >= 0.3 is 0 Å². The van der Waals surface area contributed by atoms with Crippen molar-refractivity contribution in [3.05, 3.63) is 108 Å². The molecule has 0 bridgehead atoms. The zero-order valence-corrected chi connectivity index (χ0v) is 27.6. The van der Waals surface area contributed by atoms with Crippen molar-refractivity contribution in [2.45, 2.75) is 78.2 Å². The van der Waals surface area contributed by atoms with Gasteiger partial charge < -0.3 is 28.8 Å². The Hall–Kier alpha value is -3.82. The van der Waals surface area contributed by atoms with Crippen molar-refractivity contribution in [1.82, 2.24) is 0 Å². The molecule has 46 heavy (non-hydrogen) atoms. The van der Waals surface area contributed by atoms with Crippen molar-refractivity contribution in [3.63, 3.8) is 0 Å². The molecule has 0 saturated heterocycles. The molecule has 0 aromatic heterocycles. The highest BCUT2D eigenvalue weighted by molar-refractivity contribution is 6.02. The third-order valence-electron chi connectivity index (χ3n) is 7.72. The Bertz CT molecular complexity index is 1350. The Kier molecular flexibility index (Phi) is 15.1. The van der Waals surface area contributed by atoms with Gasteiger partial charge in [0.2, 0.25) is 0 Å². The molecule has 3 rings (SSSR count). The number of carbonyl (C=O) groups excluding carboxylic acids is 2. The second-order valence-electron chi connectivity index (χ2n) is 11.9. The van der Waals surface area contributed by atoms with E-state index >= 15 is 0 Å². The molecule has 0 heterocycles. The highest BCUT2D eigenvalue weighted by Crippen LogP contribution is 2.23. The molecular weight excluding hydrogens is 584 g/mol. The third-order valence-corrected chi connectivity index (χ3v) is 7.72. The topological polar surface area (TPSA) is 101 Å². The van der Waals surface area contributed by atoms with E-state index in [4.69, 9.17) is 23.7 Å². The number of benzene rings is 3. The number of aliphatic hydroxyl groups is 1. The van der Waals surface area contributed by atoms with Crippen molar-refractivity contribution < 1.29 is 38.4 Å². The minimum atomic E-state index is -0.992. The zero-order chi connectivity index (χ0) is 33.4. The molecular formula is C38H48O8. The van der Waals surface area contributed by atoms with Gasteiger partial charge in [0, 0.05) is 18.3 Å². The largest absolute Gasteiger partial charge is 0.497 e. The monoisotopic (exact) mass is 632 g/mol. The number of allylic oxidation sites excluding steroid dienone is 1. The van der Waals surface area contributed by atoms with Gasteiger partial charge in [0.15, 0.2) is 0 Å². The molecule has 1 N–H and O–H groups in total. The number of ether oxygens (including phenoxy) is 5. The molecule has 8 nitrogen and oxygen atoms in total. The van der Waals surface area contributed by atoms with E-state index in [9.17, 15) is 14.7 Å². The minimum Gasteiger partial charge on any atom is -0.497 e. The molecule has 3 atom stereocenters. The van der Waals surface area contributed by atoms with Crippen LogP contribution in [0, 0.1) is 5.41 Å². The van der Waals surface area contributed by atoms with Gasteiger partial charge in [-0.1, -0.05) is 66.7 Å². The number of rotatable bonds is 21. The van der Waals surface area contributed by atoms with Gasteiger partial charge in [-0.3, -0.25) is 9.59 Å². The van der Waals surface area contributed by atoms with Gasteiger partial charge in [-0.15, -0.1) is 0 Å². The summed E-state index contributed by atoms with van der Waals surface area (Å²) in [5, 5.41) is 10.9. The van der Waals surface area contributed by atoms with E-state index in [2.05, 4.69) is 0 Å².